The van der Waals surface area contributed by atoms with Crippen LogP contribution < -0.4 is 0 Å². The van der Waals surface area contributed by atoms with Crippen LogP contribution in [0.25, 0.3) is 0 Å². The van der Waals surface area contributed by atoms with Crippen LogP contribution in [-0.2, 0) is 24.9 Å². The van der Waals surface area contributed by atoms with Gasteiger partial charge in [-0.05, 0) is 18.6 Å². The third kappa shape index (κ3) is 3.14. The van der Waals surface area contributed by atoms with E-state index in [0.29, 0.717) is 5.92 Å². The van der Waals surface area contributed by atoms with Crippen LogP contribution in [0.1, 0.15) is 29.8 Å². The number of fused-ring (bicyclic) bond motifs is 1. The number of rotatable bonds is 5. The summed E-state index contributed by atoms with van der Waals surface area (Å²) in [7, 11) is 2.07. The van der Waals surface area contributed by atoms with Crippen molar-refractivity contribution in [2.75, 3.05) is 19.8 Å². The highest BCUT2D eigenvalue weighted by atomic mass is 16.5. The molecule has 2 aromatic heterocycles. The Labute approximate surface area is 125 Å². The average molecular weight is 286 g/mol. The molecule has 5 heteroatoms. The van der Waals surface area contributed by atoms with E-state index in [4.69, 9.17) is 4.74 Å². The lowest BCUT2D eigenvalue weighted by molar-refractivity contribution is 0.102. The van der Waals surface area contributed by atoms with Crippen LogP contribution in [0, 0.1) is 0 Å². The molecular weight excluding hydrogens is 264 g/mol. The second kappa shape index (κ2) is 6.37. The minimum absolute atomic E-state index is 0.387. The van der Waals surface area contributed by atoms with Crippen molar-refractivity contribution in [1.29, 1.82) is 0 Å². The first kappa shape index (κ1) is 14.2. The topological polar surface area (TPSA) is 43.2 Å². The van der Waals surface area contributed by atoms with E-state index in [1.165, 1.54) is 17.0 Å². The van der Waals surface area contributed by atoms with Crippen molar-refractivity contribution in [3.63, 3.8) is 0 Å². The minimum atomic E-state index is 0.387. The van der Waals surface area contributed by atoms with Gasteiger partial charge in [-0.3, -0.25) is 9.88 Å². The van der Waals surface area contributed by atoms with Gasteiger partial charge in [0.25, 0.3) is 0 Å². The van der Waals surface area contributed by atoms with Gasteiger partial charge in [-0.15, -0.1) is 0 Å². The van der Waals surface area contributed by atoms with Gasteiger partial charge in [-0.1, -0.05) is 6.07 Å². The monoisotopic (exact) mass is 286 g/mol. The van der Waals surface area contributed by atoms with Crippen molar-refractivity contribution in [2.45, 2.75) is 25.9 Å². The number of nitrogens with zero attached hydrogens (tertiary/aromatic N) is 4. The van der Waals surface area contributed by atoms with Crippen LogP contribution >= 0.6 is 0 Å². The molecule has 3 rings (SSSR count). The average Bonchev–Trinajstić information content (AvgIpc) is 2.87. The Kier molecular flexibility index (Phi) is 4.31. The smallest absolute Gasteiger partial charge is 0.0949 e. The molecular formula is C16H22N4O. The van der Waals surface area contributed by atoms with Crippen LogP contribution in [-0.4, -0.2) is 39.2 Å². The second-order valence-electron chi connectivity index (χ2n) is 5.57. The fourth-order valence-corrected chi connectivity index (χ4v) is 3.07. The first-order valence-electron chi connectivity index (χ1n) is 7.47. The zero-order chi connectivity index (χ0) is 14.7. The van der Waals surface area contributed by atoms with Crippen molar-refractivity contribution in [2.24, 2.45) is 7.05 Å². The van der Waals surface area contributed by atoms with Gasteiger partial charge in [0.15, 0.2) is 0 Å². The number of pyridine rings is 1. The summed E-state index contributed by atoms with van der Waals surface area (Å²) in [6.45, 7) is 6.36. The lowest BCUT2D eigenvalue weighted by Gasteiger charge is -2.32. The van der Waals surface area contributed by atoms with Gasteiger partial charge in [-0.25, -0.2) is 4.98 Å². The Hall–Kier alpha value is -1.72. The molecule has 1 atom stereocenters. The van der Waals surface area contributed by atoms with Crippen molar-refractivity contribution in [3.8, 4) is 0 Å². The Morgan fingerprint density at radius 3 is 3.10 bits per heavy atom. The number of imidazole rings is 1. The van der Waals surface area contributed by atoms with E-state index < -0.39 is 0 Å². The largest absolute Gasteiger partial charge is 0.381 e. The molecule has 0 spiro atoms. The quantitative estimate of drug-likeness (QED) is 0.842. The molecule has 112 valence electrons. The number of hydrogen-bond acceptors (Lipinski definition) is 4. The second-order valence-corrected chi connectivity index (χ2v) is 5.57. The Bertz CT molecular complexity index is 581. The summed E-state index contributed by atoms with van der Waals surface area (Å²) in [5, 5.41) is 0. The first-order chi connectivity index (χ1) is 10.3. The van der Waals surface area contributed by atoms with Gasteiger partial charge in [0.1, 0.15) is 0 Å². The predicted octanol–water partition coefficient (Wildman–Crippen LogP) is 1.95. The van der Waals surface area contributed by atoms with Crippen LogP contribution in [0.15, 0.2) is 30.9 Å². The summed E-state index contributed by atoms with van der Waals surface area (Å²) in [5.41, 5.74) is 3.75. The molecule has 1 aliphatic rings. The summed E-state index contributed by atoms with van der Waals surface area (Å²) in [6, 6.07) is 4.11. The number of ether oxygens (including phenoxy) is 1. The number of aryl methyl sites for hydroxylation is 1. The molecule has 0 N–H and O–H groups in total. The van der Waals surface area contributed by atoms with Crippen molar-refractivity contribution in [3.05, 3.63) is 47.8 Å². The molecule has 0 bridgehead atoms. The Morgan fingerprint density at radius 2 is 2.33 bits per heavy atom. The molecule has 0 radical (unpaired) electrons. The van der Waals surface area contributed by atoms with E-state index in [0.717, 1.165) is 32.8 Å². The summed E-state index contributed by atoms with van der Waals surface area (Å²) in [5.74, 6) is 0.387. The fraction of sp³-hybridized carbons (Fsp3) is 0.500. The van der Waals surface area contributed by atoms with E-state index in [9.17, 15) is 0 Å². The van der Waals surface area contributed by atoms with Gasteiger partial charge >= 0.3 is 0 Å². The van der Waals surface area contributed by atoms with Crippen LogP contribution in [0.2, 0.25) is 0 Å². The van der Waals surface area contributed by atoms with Crippen LogP contribution in [0.5, 0.6) is 0 Å². The maximum atomic E-state index is 5.67. The predicted molar refractivity (Wildman–Crippen MR) is 80.8 cm³/mol. The Morgan fingerprint density at radius 1 is 1.43 bits per heavy atom. The molecule has 21 heavy (non-hydrogen) atoms. The zero-order valence-electron chi connectivity index (χ0n) is 12.7. The molecule has 0 amide bonds. The first-order valence-corrected chi connectivity index (χ1v) is 7.47. The van der Waals surface area contributed by atoms with E-state index in [2.05, 4.69) is 32.5 Å². The summed E-state index contributed by atoms with van der Waals surface area (Å²) >= 11 is 0. The molecule has 0 saturated carbocycles. The molecule has 1 aliphatic heterocycles. The number of aromatic nitrogens is 3. The zero-order valence-corrected chi connectivity index (χ0v) is 12.7. The normalized spacial score (nSPS) is 18.7. The van der Waals surface area contributed by atoms with E-state index in [1.807, 2.05) is 31.7 Å². The summed E-state index contributed by atoms with van der Waals surface area (Å²) < 4.78 is 7.81. The molecule has 0 saturated heterocycles. The molecule has 5 nitrogen and oxygen atoms in total. The summed E-state index contributed by atoms with van der Waals surface area (Å²) in [6.07, 6.45) is 5.66. The molecule has 0 aliphatic carbocycles. The van der Waals surface area contributed by atoms with E-state index >= 15 is 0 Å². The maximum absolute atomic E-state index is 5.67. The summed E-state index contributed by atoms with van der Waals surface area (Å²) in [4.78, 5) is 11.2. The lowest BCUT2D eigenvalue weighted by atomic mass is 9.98. The maximum Gasteiger partial charge on any atom is 0.0949 e. The third-order valence-electron chi connectivity index (χ3n) is 3.95. The molecule has 0 fully saturated rings. The van der Waals surface area contributed by atoms with Gasteiger partial charge in [-0.2, -0.15) is 0 Å². The minimum Gasteiger partial charge on any atom is -0.381 e. The lowest BCUT2D eigenvalue weighted by Crippen LogP contribution is -2.36. The van der Waals surface area contributed by atoms with Crippen molar-refractivity contribution < 1.29 is 4.74 Å². The molecule has 0 aromatic carbocycles. The fourth-order valence-electron chi connectivity index (χ4n) is 3.07. The Balaban J connectivity index is 1.77. The van der Waals surface area contributed by atoms with Crippen molar-refractivity contribution in [1.82, 2.24) is 19.4 Å². The standard InChI is InChI=1S/C16H22N4O/c1-3-21-11-14-9-20(8-13-5-4-6-17-7-13)10-15-16(14)19(2)12-18-15/h4-7,12,14H,3,8-11H2,1-2H3/t14-/m0/s1. The van der Waals surface area contributed by atoms with Gasteiger partial charge in [0.2, 0.25) is 0 Å². The van der Waals surface area contributed by atoms with Gasteiger partial charge in [0, 0.05) is 57.3 Å². The van der Waals surface area contributed by atoms with Gasteiger partial charge < -0.3 is 9.30 Å². The van der Waals surface area contributed by atoms with Crippen LogP contribution in [0.3, 0.4) is 0 Å². The number of hydrogen-bond donors (Lipinski definition) is 0. The molecule has 3 heterocycles. The molecule has 2 aromatic rings. The highest BCUT2D eigenvalue weighted by Gasteiger charge is 2.28. The highest BCUT2D eigenvalue weighted by Crippen LogP contribution is 2.28. The third-order valence-corrected chi connectivity index (χ3v) is 3.95. The highest BCUT2D eigenvalue weighted by molar-refractivity contribution is 5.22. The van der Waals surface area contributed by atoms with E-state index in [-0.39, 0.29) is 0 Å². The SMILES string of the molecule is CCOC[C@@H]1CN(Cc2cccnc2)Cc2ncn(C)c21. The van der Waals surface area contributed by atoms with Gasteiger partial charge in [0.05, 0.1) is 18.6 Å². The van der Waals surface area contributed by atoms with Crippen LogP contribution in [0.4, 0.5) is 0 Å². The molecule has 0 unspecified atom stereocenters. The van der Waals surface area contributed by atoms with E-state index in [1.54, 1.807) is 0 Å². The van der Waals surface area contributed by atoms with Crippen molar-refractivity contribution >= 4 is 0 Å².